The third-order valence-corrected chi connectivity index (χ3v) is 4.40. The summed E-state index contributed by atoms with van der Waals surface area (Å²) in [5.41, 5.74) is 0.396. The van der Waals surface area contributed by atoms with Gasteiger partial charge < -0.3 is 5.32 Å². The maximum Gasteiger partial charge on any atom is 0.220 e. The van der Waals surface area contributed by atoms with Crippen LogP contribution in [0.5, 0.6) is 0 Å². The summed E-state index contributed by atoms with van der Waals surface area (Å²) in [6, 6.07) is 0. The molecule has 1 amide bonds. The van der Waals surface area contributed by atoms with Crippen molar-refractivity contribution in [1.29, 1.82) is 0 Å². The molecule has 1 heterocycles. The molecule has 3 atom stereocenters. The number of fused-ring (bicyclic) bond motifs is 1. The van der Waals surface area contributed by atoms with Gasteiger partial charge in [-0.25, -0.2) is 0 Å². The van der Waals surface area contributed by atoms with E-state index < -0.39 is 0 Å². The van der Waals surface area contributed by atoms with Gasteiger partial charge in [-0.15, -0.1) is 0 Å². The van der Waals surface area contributed by atoms with Crippen molar-refractivity contribution in [3.8, 4) is 0 Å². The van der Waals surface area contributed by atoms with Gasteiger partial charge in [0.25, 0.3) is 0 Å². The van der Waals surface area contributed by atoms with Crippen LogP contribution in [0, 0.1) is 17.3 Å². The Kier molecular flexibility index (Phi) is 1.50. The van der Waals surface area contributed by atoms with Crippen LogP contribution in [0.3, 0.4) is 0 Å². The molecule has 2 aliphatic carbocycles. The number of carbonyl (C=O) groups excluding carboxylic acids is 1. The summed E-state index contributed by atoms with van der Waals surface area (Å²) in [5.74, 6) is 2.22. The molecule has 2 heteroatoms. The number of hydrogen-bond acceptors (Lipinski definition) is 1. The standard InChI is InChI=1S/C11H17NO/c13-10-6-11(7-12-10)4-8-2-1-3-9(8)5-11/h8-9H,1-7H2,(H,12,13)/t8-,9+,11-. The third-order valence-electron chi connectivity index (χ3n) is 4.40. The van der Waals surface area contributed by atoms with E-state index in [2.05, 4.69) is 5.32 Å². The van der Waals surface area contributed by atoms with Gasteiger partial charge in [0.15, 0.2) is 0 Å². The lowest BCUT2D eigenvalue weighted by molar-refractivity contribution is -0.119. The zero-order chi connectivity index (χ0) is 8.89. The fourth-order valence-corrected chi connectivity index (χ4v) is 3.89. The summed E-state index contributed by atoms with van der Waals surface area (Å²) in [5, 5.41) is 3.00. The second-order valence-corrected chi connectivity index (χ2v) is 5.31. The predicted molar refractivity (Wildman–Crippen MR) is 50.1 cm³/mol. The average molecular weight is 179 g/mol. The average Bonchev–Trinajstić information content (AvgIpc) is 2.67. The first-order chi connectivity index (χ1) is 6.27. The topological polar surface area (TPSA) is 29.1 Å². The Balaban J connectivity index is 1.78. The van der Waals surface area contributed by atoms with Crippen molar-refractivity contribution in [3.63, 3.8) is 0 Å². The van der Waals surface area contributed by atoms with Gasteiger partial charge in [0.1, 0.15) is 0 Å². The lowest BCUT2D eigenvalue weighted by atomic mass is 9.83. The van der Waals surface area contributed by atoms with Crippen molar-refractivity contribution in [2.45, 2.75) is 38.5 Å². The van der Waals surface area contributed by atoms with Crippen molar-refractivity contribution in [2.75, 3.05) is 6.54 Å². The molecule has 13 heavy (non-hydrogen) atoms. The molecule has 0 bridgehead atoms. The maximum absolute atomic E-state index is 11.2. The smallest absolute Gasteiger partial charge is 0.220 e. The van der Waals surface area contributed by atoms with E-state index in [-0.39, 0.29) is 0 Å². The van der Waals surface area contributed by atoms with E-state index >= 15 is 0 Å². The molecular formula is C11H17NO. The minimum absolute atomic E-state index is 0.292. The number of amides is 1. The zero-order valence-electron chi connectivity index (χ0n) is 8.01. The Morgan fingerprint density at radius 1 is 1.23 bits per heavy atom. The van der Waals surface area contributed by atoms with Crippen molar-refractivity contribution in [1.82, 2.24) is 5.32 Å². The molecule has 3 aliphatic rings. The van der Waals surface area contributed by atoms with Gasteiger partial charge in [-0.2, -0.15) is 0 Å². The molecule has 1 saturated heterocycles. The van der Waals surface area contributed by atoms with Crippen LogP contribution in [0.25, 0.3) is 0 Å². The monoisotopic (exact) mass is 179 g/mol. The van der Waals surface area contributed by atoms with Crippen molar-refractivity contribution in [2.24, 2.45) is 17.3 Å². The largest absolute Gasteiger partial charge is 0.356 e. The van der Waals surface area contributed by atoms with E-state index in [0.29, 0.717) is 11.3 Å². The fraction of sp³-hybridized carbons (Fsp3) is 0.909. The first kappa shape index (κ1) is 7.84. The summed E-state index contributed by atoms with van der Waals surface area (Å²) in [7, 11) is 0. The lowest BCUT2D eigenvalue weighted by Gasteiger charge is -2.21. The van der Waals surface area contributed by atoms with Gasteiger partial charge in [0.2, 0.25) is 5.91 Å². The summed E-state index contributed by atoms with van der Waals surface area (Å²) in [6.07, 6.45) is 7.78. The molecule has 1 spiro atoms. The van der Waals surface area contributed by atoms with Crippen LogP contribution < -0.4 is 5.32 Å². The van der Waals surface area contributed by atoms with E-state index in [0.717, 1.165) is 24.8 Å². The van der Waals surface area contributed by atoms with Gasteiger partial charge in [0.05, 0.1) is 0 Å². The van der Waals surface area contributed by atoms with E-state index in [9.17, 15) is 4.79 Å². The Bertz CT molecular complexity index is 236. The second-order valence-electron chi connectivity index (χ2n) is 5.31. The minimum Gasteiger partial charge on any atom is -0.356 e. The summed E-state index contributed by atoms with van der Waals surface area (Å²) in [4.78, 5) is 11.2. The summed E-state index contributed by atoms with van der Waals surface area (Å²) >= 11 is 0. The van der Waals surface area contributed by atoms with Crippen LogP contribution in [0.15, 0.2) is 0 Å². The highest BCUT2D eigenvalue weighted by Gasteiger charge is 2.50. The molecule has 0 unspecified atom stereocenters. The number of rotatable bonds is 0. The maximum atomic E-state index is 11.2. The Labute approximate surface area is 79.1 Å². The first-order valence-electron chi connectivity index (χ1n) is 5.54. The highest BCUT2D eigenvalue weighted by molar-refractivity contribution is 5.79. The van der Waals surface area contributed by atoms with E-state index in [1.807, 2.05) is 0 Å². The summed E-state index contributed by atoms with van der Waals surface area (Å²) < 4.78 is 0. The van der Waals surface area contributed by atoms with Gasteiger partial charge in [0, 0.05) is 13.0 Å². The fourth-order valence-electron chi connectivity index (χ4n) is 3.89. The number of nitrogens with one attached hydrogen (secondary N) is 1. The van der Waals surface area contributed by atoms with E-state index in [1.54, 1.807) is 0 Å². The Morgan fingerprint density at radius 3 is 2.46 bits per heavy atom. The lowest BCUT2D eigenvalue weighted by Crippen LogP contribution is -2.21. The van der Waals surface area contributed by atoms with Gasteiger partial charge >= 0.3 is 0 Å². The number of carbonyl (C=O) groups is 1. The third kappa shape index (κ3) is 1.11. The minimum atomic E-state index is 0.292. The molecule has 3 fully saturated rings. The molecule has 2 saturated carbocycles. The van der Waals surface area contributed by atoms with Crippen molar-refractivity contribution in [3.05, 3.63) is 0 Å². The number of hydrogen-bond donors (Lipinski definition) is 1. The normalized spacial score (nSPS) is 48.5. The highest BCUT2D eigenvalue weighted by Crippen LogP contribution is 2.55. The molecule has 0 aromatic heterocycles. The van der Waals surface area contributed by atoms with Gasteiger partial charge in [-0.1, -0.05) is 19.3 Å². The van der Waals surface area contributed by atoms with Crippen LogP contribution in [-0.2, 0) is 4.79 Å². The molecule has 0 aromatic carbocycles. The van der Waals surface area contributed by atoms with Crippen LogP contribution in [0.4, 0.5) is 0 Å². The van der Waals surface area contributed by atoms with Crippen molar-refractivity contribution < 1.29 is 4.79 Å². The SMILES string of the molecule is O=C1C[C@@]2(CN1)C[C@H]1CCC[C@H]1C2. The van der Waals surface area contributed by atoms with E-state index in [1.165, 1.54) is 32.1 Å². The van der Waals surface area contributed by atoms with Crippen LogP contribution in [0.1, 0.15) is 38.5 Å². The second kappa shape index (κ2) is 2.49. The first-order valence-corrected chi connectivity index (χ1v) is 5.54. The quantitative estimate of drug-likeness (QED) is 0.602. The molecular weight excluding hydrogens is 162 g/mol. The molecule has 72 valence electrons. The molecule has 1 aliphatic heterocycles. The van der Waals surface area contributed by atoms with Crippen LogP contribution in [-0.4, -0.2) is 12.5 Å². The molecule has 1 N–H and O–H groups in total. The molecule has 0 aromatic rings. The molecule has 0 radical (unpaired) electrons. The molecule has 2 nitrogen and oxygen atoms in total. The zero-order valence-corrected chi connectivity index (χ0v) is 8.01. The van der Waals surface area contributed by atoms with Crippen molar-refractivity contribution >= 4 is 5.91 Å². The van der Waals surface area contributed by atoms with Crippen LogP contribution in [0.2, 0.25) is 0 Å². The van der Waals surface area contributed by atoms with Gasteiger partial charge in [-0.3, -0.25) is 4.79 Å². The van der Waals surface area contributed by atoms with Crippen LogP contribution >= 0.6 is 0 Å². The van der Waals surface area contributed by atoms with Gasteiger partial charge in [-0.05, 0) is 30.1 Å². The Morgan fingerprint density at radius 2 is 1.92 bits per heavy atom. The highest BCUT2D eigenvalue weighted by atomic mass is 16.1. The van der Waals surface area contributed by atoms with E-state index in [4.69, 9.17) is 0 Å². The summed E-state index contributed by atoms with van der Waals surface area (Å²) in [6.45, 7) is 0.971. The Hall–Kier alpha value is -0.530. The predicted octanol–water partition coefficient (Wildman–Crippen LogP) is 1.70. The molecule has 3 rings (SSSR count).